The number of imide groups is 1. The van der Waals surface area contributed by atoms with E-state index in [1.165, 1.54) is 4.90 Å². The molecule has 106 valence electrons. The van der Waals surface area contributed by atoms with E-state index < -0.39 is 5.54 Å². The summed E-state index contributed by atoms with van der Waals surface area (Å²) >= 11 is 0. The van der Waals surface area contributed by atoms with Crippen LogP contribution in [0, 0.1) is 5.92 Å². The Labute approximate surface area is 119 Å². The van der Waals surface area contributed by atoms with Crippen molar-refractivity contribution in [2.24, 2.45) is 5.92 Å². The first kappa shape index (κ1) is 13.2. The maximum Gasteiger partial charge on any atom is 0.325 e. The third-order valence-electron chi connectivity index (χ3n) is 4.68. The molecule has 1 saturated carbocycles. The third-order valence-corrected chi connectivity index (χ3v) is 4.68. The fourth-order valence-corrected chi connectivity index (χ4v) is 3.40. The van der Waals surface area contributed by atoms with Crippen molar-refractivity contribution in [1.29, 1.82) is 0 Å². The zero-order valence-electron chi connectivity index (χ0n) is 11.8. The fraction of sp³-hybridized carbons (Fsp3) is 0.500. The van der Waals surface area contributed by atoms with Crippen LogP contribution in [0.3, 0.4) is 0 Å². The highest BCUT2D eigenvalue weighted by Gasteiger charge is 2.54. The van der Waals surface area contributed by atoms with Gasteiger partial charge in [0.05, 0.1) is 6.54 Å². The summed E-state index contributed by atoms with van der Waals surface area (Å²) in [5, 5.41) is 2.98. The van der Waals surface area contributed by atoms with E-state index in [9.17, 15) is 9.59 Å². The maximum absolute atomic E-state index is 12.8. The minimum atomic E-state index is -0.649. The van der Waals surface area contributed by atoms with Gasteiger partial charge in [0.2, 0.25) is 0 Å². The van der Waals surface area contributed by atoms with Gasteiger partial charge in [0.1, 0.15) is 5.54 Å². The molecule has 1 spiro atoms. The number of urea groups is 1. The molecule has 2 fully saturated rings. The van der Waals surface area contributed by atoms with Crippen molar-refractivity contribution in [2.75, 3.05) is 0 Å². The van der Waals surface area contributed by atoms with Gasteiger partial charge in [0.25, 0.3) is 5.91 Å². The van der Waals surface area contributed by atoms with Crippen molar-refractivity contribution in [3.8, 4) is 0 Å². The van der Waals surface area contributed by atoms with Crippen LogP contribution in [0.5, 0.6) is 0 Å². The smallest absolute Gasteiger partial charge is 0.323 e. The van der Waals surface area contributed by atoms with E-state index in [0.717, 1.165) is 31.2 Å². The van der Waals surface area contributed by atoms with Crippen molar-refractivity contribution in [3.63, 3.8) is 0 Å². The first-order valence-electron chi connectivity index (χ1n) is 7.31. The molecule has 1 N–H and O–H groups in total. The molecule has 0 aromatic heterocycles. The Morgan fingerprint density at radius 1 is 1.25 bits per heavy atom. The summed E-state index contributed by atoms with van der Waals surface area (Å²) in [4.78, 5) is 26.3. The highest BCUT2D eigenvalue weighted by Crippen LogP contribution is 2.38. The molecule has 1 aromatic rings. The lowest BCUT2D eigenvalue weighted by molar-refractivity contribution is -0.134. The number of benzene rings is 1. The monoisotopic (exact) mass is 272 g/mol. The highest BCUT2D eigenvalue weighted by molar-refractivity contribution is 6.07. The van der Waals surface area contributed by atoms with Gasteiger partial charge in [-0.2, -0.15) is 0 Å². The van der Waals surface area contributed by atoms with E-state index in [0.29, 0.717) is 6.54 Å². The summed E-state index contributed by atoms with van der Waals surface area (Å²) in [6, 6.07) is 9.42. The average molecular weight is 272 g/mol. The Hall–Kier alpha value is -1.84. The van der Waals surface area contributed by atoms with Gasteiger partial charge in [-0.25, -0.2) is 4.79 Å². The summed E-state index contributed by atoms with van der Waals surface area (Å²) < 4.78 is 0. The Balaban J connectivity index is 1.83. The van der Waals surface area contributed by atoms with E-state index in [1.807, 2.05) is 30.3 Å². The zero-order valence-corrected chi connectivity index (χ0v) is 11.8. The quantitative estimate of drug-likeness (QED) is 0.841. The molecule has 1 aromatic carbocycles. The predicted octanol–water partition coefficient (Wildman–Crippen LogP) is 2.69. The molecular formula is C16H20N2O2. The standard InChI is InChI=1S/C16H20N2O2/c1-12-7-5-6-10-16(12)14(19)18(15(20)17-16)11-13-8-3-2-4-9-13/h2-4,8-9,12H,5-7,10-11H2,1H3,(H,17,20)/t12-,16+/m1/s1. The number of hydrogen-bond acceptors (Lipinski definition) is 2. The van der Waals surface area contributed by atoms with Gasteiger partial charge in [-0.15, -0.1) is 0 Å². The summed E-state index contributed by atoms with van der Waals surface area (Å²) in [6.07, 6.45) is 3.93. The molecule has 1 aliphatic carbocycles. The Morgan fingerprint density at radius 3 is 2.70 bits per heavy atom. The van der Waals surface area contributed by atoms with Crippen LogP contribution in [0.1, 0.15) is 38.2 Å². The molecule has 0 radical (unpaired) electrons. The number of carbonyl (C=O) groups excluding carboxylic acids is 2. The van der Waals surface area contributed by atoms with Crippen LogP contribution in [0.4, 0.5) is 4.79 Å². The highest BCUT2D eigenvalue weighted by atomic mass is 16.2. The van der Waals surface area contributed by atoms with Crippen LogP contribution in [0.25, 0.3) is 0 Å². The first-order valence-corrected chi connectivity index (χ1v) is 7.31. The minimum absolute atomic E-state index is 0.0430. The largest absolute Gasteiger partial charge is 0.325 e. The van der Waals surface area contributed by atoms with Gasteiger partial charge in [-0.3, -0.25) is 9.69 Å². The zero-order chi connectivity index (χ0) is 14.2. The number of hydrogen-bond donors (Lipinski definition) is 1. The lowest BCUT2D eigenvalue weighted by Gasteiger charge is -2.36. The van der Waals surface area contributed by atoms with Crippen molar-refractivity contribution < 1.29 is 9.59 Å². The summed E-state index contributed by atoms with van der Waals surface area (Å²) in [5.74, 6) is 0.173. The molecule has 2 aliphatic rings. The van der Waals surface area contributed by atoms with Gasteiger partial charge in [-0.1, -0.05) is 50.1 Å². The van der Waals surface area contributed by atoms with E-state index in [-0.39, 0.29) is 17.9 Å². The van der Waals surface area contributed by atoms with E-state index >= 15 is 0 Å². The molecule has 4 heteroatoms. The van der Waals surface area contributed by atoms with Crippen molar-refractivity contribution in [2.45, 2.75) is 44.7 Å². The lowest BCUT2D eigenvalue weighted by Crippen LogP contribution is -2.53. The molecule has 1 saturated heterocycles. The van der Waals surface area contributed by atoms with Crippen LogP contribution < -0.4 is 5.32 Å². The average Bonchev–Trinajstić information content (AvgIpc) is 2.69. The van der Waals surface area contributed by atoms with Crippen molar-refractivity contribution in [3.05, 3.63) is 35.9 Å². The molecule has 3 rings (SSSR count). The molecule has 2 atom stereocenters. The van der Waals surface area contributed by atoms with Crippen LogP contribution in [0.15, 0.2) is 30.3 Å². The van der Waals surface area contributed by atoms with Gasteiger partial charge >= 0.3 is 6.03 Å². The third kappa shape index (κ3) is 1.99. The lowest BCUT2D eigenvalue weighted by atomic mass is 9.73. The second kappa shape index (κ2) is 4.93. The van der Waals surface area contributed by atoms with Gasteiger partial charge in [0.15, 0.2) is 0 Å². The molecular weight excluding hydrogens is 252 g/mol. The Bertz CT molecular complexity index is 529. The number of rotatable bonds is 2. The topological polar surface area (TPSA) is 49.4 Å². The molecule has 4 nitrogen and oxygen atoms in total. The minimum Gasteiger partial charge on any atom is -0.323 e. The SMILES string of the molecule is C[C@@H]1CCCC[C@]12NC(=O)N(Cc1ccccc1)C2=O. The molecule has 20 heavy (non-hydrogen) atoms. The molecule has 0 bridgehead atoms. The normalized spacial score (nSPS) is 29.9. The number of carbonyl (C=O) groups is 2. The maximum atomic E-state index is 12.8. The van der Waals surface area contributed by atoms with Crippen molar-refractivity contribution in [1.82, 2.24) is 10.2 Å². The molecule has 1 aliphatic heterocycles. The van der Waals surface area contributed by atoms with E-state index in [2.05, 4.69) is 12.2 Å². The summed E-state index contributed by atoms with van der Waals surface area (Å²) in [7, 11) is 0. The number of nitrogens with one attached hydrogen (secondary N) is 1. The molecule has 3 amide bonds. The van der Waals surface area contributed by atoms with E-state index in [1.54, 1.807) is 0 Å². The summed E-state index contributed by atoms with van der Waals surface area (Å²) in [6.45, 7) is 2.43. The Morgan fingerprint density at radius 2 is 2.00 bits per heavy atom. The van der Waals surface area contributed by atoms with Gasteiger partial charge in [0, 0.05) is 0 Å². The van der Waals surface area contributed by atoms with Crippen LogP contribution in [0.2, 0.25) is 0 Å². The van der Waals surface area contributed by atoms with Crippen LogP contribution in [-0.2, 0) is 11.3 Å². The van der Waals surface area contributed by atoms with Gasteiger partial charge < -0.3 is 5.32 Å². The second-order valence-corrected chi connectivity index (χ2v) is 5.93. The fourth-order valence-electron chi connectivity index (χ4n) is 3.40. The van der Waals surface area contributed by atoms with E-state index in [4.69, 9.17) is 0 Å². The summed E-state index contributed by atoms with van der Waals surface area (Å²) in [5.41, 5.74) is 0.334. The number of amides is 3. The van der Waals surface area contributed by atoms with Crippen LogP contribution >= 0.6 is 0 Å². The molecule has 0 unspecified atom stereocenters. The van der Waals surface area contributed by atoms with Crippen molar-refractivity contribution >= 4 is 11.9 Å². The second-order valence-electron chi connectivity index (χ2n) is 5.93. The Kier molecular flexibility index (Phi) is 3.24. The molecule has 1 heterocycles. The predicted molar refractivity (Wildman–Crippen MR) is 75.9 cm³/mol. The first-order chi connectivity index (χ1) is 9.63. The van der Waals surface area contributed by atoms with Crippen LogP contribution in [-0.4, -0.2) is 22.4 Å². The number of nitrogens with zero attached hydrogens (tertiary/aromatic N) is 1. The van der Waals surface area contributed by atoms with Gasteiger partial charge in [-0.05, 0) is 24.3 Å².